The standard InChI is InChI=1S/C14H20ClN/c1-10-5-4-6-11(9-10)14(16)12-7-2-3-8-13(12)15/h2-3,7-8,10-11,14H,4-6,9,16H2,1H3. The molecule has 1 aromatic rings. The van der Waals surface area contributed by atoms with E-state index in [4.69, 9.17) is 17.3 Å². The predicted molar refractivity (Wildman–Crippen MR) is 69.5 cm³/mol. The Balaban J connectivity index is 2.12. The Bertz CT molecular complexity index is 350. The van der Waals surface area contributed by atoms with Crippen molar-refractivity contribution in [1.82, 2.24) is 0 Å². The first kappa shape index (κ1) is 11.9. The van der Waals surface area contributed by atoms with E-state index in [1.807, 2.05) is 18.2 Å². The third-order valence-corrected chi connectivity index (χ3v) is 4.09. The Morgan fingerprint density at radius 3 is 2.75 bits per heavy atom. The van der Waals surface area contributed by atoms with Crippen LogP contribution in [0, 0.1) is 11.8 Å². The molecule has 0 aliphatic heterocycles. The third-order valence-electron chi connectivity index (χ3n) is 3.75. The van der Waals surface area contributed by atoms with Gasteiger partial charge in [-0.25, -0.2) is 0 Å². The van der Waals surface area contributed by atoms with Crippen molar-refractivity contribution in [3.05, 3.63) is 34.9 Å². The quantitative estimate of drug-likeness (QED) is 0.821. The first-order valence-corrected chi connectivity index (χ1v) is 6.56. The smallest absolute Gasteiger partial charge is 0.0453 e. The zero-order chi connectivity index (χ0) is 11.5. The SMILES string of the molecule is CC1CCCC(C(N)c2ccccc2Cl)C1. The highest BCUT2D eigenvalue weighted by atomic mass is 35.5. The minimum atomic E-state index is 0.108. The molecule has 1 fully saturated rings. The largest absolute Gasteiger partial charge is 0.324 e. The van der Waals surface area contributed by atoms with Crippen LogP contribution in [0.15, 0.2) is 24.3 Å². The van der Waals surface area contributed by atoms with Crippen molar-refractivity contribution >= 4 is 11.6 Å². The van der Waals surface area contributed by atoms with Crippen molar-refractivity contribution in [2.45, 2.75) is 38.6 Å². The molecule has 1 aromatic carbocycles. The lowest BCUT2D eigenvalue weighted by atomic mass is 9.77. The van der Waals surface area contributed by atoms with Crippen LogP contribution >= 0.6 is 11.6 Å². The van der Waals surface area contributed by atoms with Crippen LogP contribution in [0.3, 0.4) is 0 Å². The second-order valence-corrected chi connectivity index (χ2v) is 5.49. The van der Waals surface area contributed by atoms with Gasteiger partial charge in [0, 0.05) is 11.1 Å². The molecule has 2 N–H and O–H groups in total. The maximum Gasteiger partial charge on any atom is 0.0453 e. The molecule has 16 heavy (non-hydrogen) atoms. The van der Waals surface area contributed by atoms with Crippen LogP contribution in [-0.4, -0.2) is 0 Å². The van der Waals surface area contributed by atoms with Gasteiger partial charge in [-0.2, -0.15) is 0 Å². The molecule has 0 saturated heterocycles. The average Bonchev–Trinajstić information content (AvgIpc) is 2.29. The molecule has 0 radical (unpaired) electrons. The van der Waals surface area contributed by atoms with E-state index in [0.717, 1.165) is 16.5 Å². The van der Waals surface area contributed by atoms with Gasteiger partial charge in [-0.15, -0.1) is 0 Å². The fraction of sp³-hybridized carbons (Fsp3) is 0.571. The zero-order valence-electron chi connectivity index (χ0n) is 9.83. The third kappa shape index (κ3) is 2.58. The maximum atomic E-state index is 6.35. The molecular weight excluding hydrogens is 218 g/mol. The van der Waals surface area contributed by atoms with Crippen molar-refractivity contribution in [2.24, 2.45) is 17.6 Å². The van der Waals surface area contributed by atoms with E-state index in [0.29, 0.717) is 5.92 Å². The molecule has 1 aliphatic carbocycles. The van der Waals surface area contributed by atoms with Crippen molar-refractivity contribution in [1.29, 1.82) is 0 Å². The fourth-order valence-electron chi connectivity index (χ4n) is 2.81. The summed E-state index contributed by atoms with van der Waals surface area (Å²) in [5.74, 6) is 1.41. The van der Waals surface area contributed by atoms with Crippen molar-refractivity contribution in [2.75, 3.05) is 0 Å². The van der Waals surface area contributed by atoms with Gasteiger partial charge in [0.1, 0.15) is 0 Å². The van der Waals surface area contributed by atoms with Gasteiger partial charge in [0.2, 0.25) is 0 Å². The Hall–Kier alpha value is -0.530. The van der Waals surface area contributed by atoms with Gasteiger partial charge < -0.3 is 5.73 Å². The summed E-state index contributed by atoms with van der Waals surface area (Å²) < 4.78 is 0. The Kier molecular flexibility index (Phi) is 3.88. The lowest BCUT2D eigenvalue weighted by Gasteiger charge is -2.31. The molecule has 3 unspecified atom stereocenters. The second kappa shape index (κ2) is 5.20. The van der Waals surface area contributed by atoms with E-state index < -0.39 is 0 Å². The molecule has 0 spiro atoms. The minimum absolute atomic E-state index is 0.108. The number of hydrogen-bond acceptors (Lipinski definition) is 1. The van der Waals surface area contributed by atoms with Gasteiger partial charge in [0.05, 0.1) is 0 Å². The van der Waals surface area contributed by atoms with E-state index in [-0.39, 0.29) is 6.04 Å². The van der Waals surface area contributed by atoms with Crippen LogP contribution in [0.1, 0.15) is 44.2 Å². The molecular formula is C14H20ClN. The van der Waals surface area contributed by atoms with Gasteiger partial charge in [0.25, 0.3) is 0 Å². The van der Waals surface area contributed by atoms with Gasteiger partial charge in [0.15, 0.2) is 0 Å². The highest BCUT2D eigenvalue weighted by Crippen LogP contribution is 2.37. The highest BCUT2D eigenvalue weighted by Gasteiger charge is 2.26. The number of rotatable bonds is 2. The molecule has 0 bridgehead atoms. The summed E-state index contributed by atoms with van der Waals surface area (Å²) in [5.41, 5.74) is 7.46. The van der Waals surface area contributed by atoms with E-state index >= 15 is 0 Å². The van der Waals surface area contributed by atoms with E-state index in [9.17, 15) is 0 Å². The molecule has 1 nitrogen and oxygen atoms in total. The summed E-state index contributed by atoms with van der Waals surface area (Å²) in [6, 6.07) is 8.08. The Labute approximate surface area is 103 Å². The predicted octanol–water partition coefficient (Wildman–Crippen LogP) is 4.17. The maximum absolute atomic E-state index is 6.35. The summed E-state index contributed by atoms with van der Waals surface area (Å²) in [7, 11) is 0. The number of benzene rings is 1. The molecule has 2 heteroatoms. The van der Waals surface area contributed by atoms with Crippen LogP contribution in [-0.2, 0) is 0 Å². The van der Waals surface area contributed by atoms with Gasteiger partial charge in [-0.3, -0.25) is 0 Å². The average molecular weight is 238 g/mol. The second-order valence-electron chi connectivity index (χ2n) is 5.08. The first-order chi connectivity index (χ1) is 7.68. The van der Waals surface area contributed by atoms with Crippen LogP contribution in [0.4, 0.5) is 0 Å². The highest BCUT2D eigenvalue weighted by molar-refractivity contribution is 6.31. The Morgan fingerprint density at radius 2 is 2.06 bits per heavy atom. The topological polar surface area (TPSA) is 26.0 Å². The summed E-state index contributed by atoms with van der Waals surface area (Å²) in [6.45, 7) is 2.32. The molecule has 0 heterocycles. The lowest BCUT2D eigenvalue weighted by molar-refractivity contribution is 0.248. The molecule has 0 aromatic heterocycles. The molecule has 0 amide bonds. The Morgan fingerprint density at radius 1 is 1.31 bits per heavy atom. The van der Waals surface area contributed by atoms with Crippen LogP contribution < -0.4 is 5.73 Å². The van der Waals surface area contributed by atoms with Gasteiger partial charge in [-0.1, -0.05) is 49.6 Å². The summed E-state index contributed by atoms with van der Waals surface area (Å²) in [6.07, 6.45) is 5.15. The van der Waals surface area contributed by atoms with E-state index in [1.54, 1.807) is 0 Å². The first-order valence-electron chi connectivity index (χ1n) is 6.18. The molecule has 1 saturated carbocycles. The van der Waals surface area contributed by atoms with Crippen molar-refractivity contribution in [3.63, 3.8) is 0 Å². The molecule has 1 aliphatic rings. The number of hydrogen-bond donors (Lipinski definition) is 1. The van der Waals surface area contributed by atoms with E-state index in [1.165, 1.54) is 25.7 Å². The van der Waals surface area contributed by atoms with Crippen LogP contribution in [0.5, 0.6) is 0 Å². The zero-order valence-corrected chi connectivity index (χ0v) is 10.6. The molecule has 2 rings (SSSR count). The van der Waals surface area contributed by atoms with Crippen LogP contribution in [0.25, 0.3) is 0 Å². The number of halogens is 1. The monoisotopic (exact) mass is 237 g/mol. The number of nitrogens with two attached hydrogens (primary N) is 1. The summed E-state index contributed by atoms with van der Waals surface area (Å²) in [4.78, 5) is 0. The summed E-state index contributed by atoms with van der Waals surface area (Å²) >= 11 is 6.19. The van der Waals surface area contributed by atoms with Gasteiger partial charge >= 0.3 is 0 Å². The van der Waals surface area contributed by atoms with Crippen LogP contribution in [0.2, 0.25) is 5.02 Å². The normalized spacial score (nSPS) is 27.7. The lowest BCUT2D eigenvalue weighted by Crippen LogP contribution is -2.26. The van der Waals surface area contributed by atoms with Crippen molar-refractivity contribution < 1.29 is 0 Å². The molecule has 3 atom stereocenters. The van der Waals surface area contributed by atoms with E-state index in [2.05, 4.69) is 13.0 Å². The van der Waals surface area contributed by atoms with Gasteiger partial charge in [-0.05, 0) is 36.3 Å². The summed E-state index contributed by atoms with van der Waals surface area (Å²) in [5, 5.41) is 0.813. The van der Waals surface area contributed by atoms with Crippen molar-refractivity contribution in [3.8, 4) is 0 Å². The molecule has 88 valence electrons. The fourth-order valence-corrected chi connectivity index (χ4v) is 3.07. The minimum Gasteiger partial charge on any atom is -0.324 e.